The van der Waals surface area contributed by atoms with Crippen molar-refractivity contribution in [1.82, 2.24) is 10.6 Å². The second kappa shape index (κ2) is 9.55. The molecule has 1 aromatic rings. The molecule has 5 nitrogen and oxygen atoms in total. The second-order valence-corrected chi connectivity index (χ2v) is 10.2. The van der Waals surface area contributed by atoms with Crippen molar-refractivity contribution in [2.24, 2.45) is 10.9 Å². The molecule has 0 bridgehead atoms. The minimum absolute atomic E-state index is 0. The topological polar surface area (TPSA) is 70.6 Å². The lowest BCUT2D eigenvalue weighted by atomic mass is 10.1. The Labute approximate surface area is 172 Å². The fourth-order valence-corrected chi connectivity index (χ4v) is 6.10. The molecule has 3 rings (SSSR count). The van der Waals surface area contributed by atoms with E-state index < -0.39 is 9.84 Å². The van der Waals surface area contributed by atoms with Crippen molar-refractivity contribution < 1.29 is 8.42 Å². The van der Waals surface area contributed by atoms with Crippen LogP contribution < -0.4 is 10.6 Å². The Bertz CT molecular complexity index is 682. The predicted molar refractivity (Wildman–Crippen MR) is 116 cm³/mol. The van der Waals surface area contributed by atoms with Gasteiger partial charge in [-0.2, -0.15) is 0 Å². The van der Waals surface area contributed by atoms with Crippen LogP contribution in [0.1, 0.15) is 42.5 Å². The molecule has 25 heavy (non-hydrogen) atoms. The van der Waals surface area contributed by atoms with Crippen LogP contribution in [0.5, 0.6) is 0 Å². The maximum absolute atomic E-state index is 11.6. The Balaban J connectivity index is 0.00000225. The smallest absolute Gasteiger partial charge is 0.191 e. The van der Waals surface area contributed by atoms with Crippen LogP contribution in [0.2, 0.25) is 0 Å². The largest absolute Gasteiger partial charge is 0.356 e. The van der Waals surface area contributed by atoms with Gasteiger partial charge in [0, 0.05) is 17.5 Å². The fourth-order valence-electron chi connectivity index (χ4n) is 3.41. The summed E-state index contributed by atoms with van der Waals surface area (Å²) in [6.45, 7) is 3.47. The Kier molecular flexibility index (Phi) is 8.00. The van der Waals surface area contributed by atoms with E-state index in [4.69, 9.17) is 4.99 Å². The third-order valence-electron chi connectivity index (χ3n) is 4.93. The Morgan fingerprint density at radius 1 is 1.32 bits per heavy atom. The van der Waals surface area contributed by atoms with Gasteiger partial charge < -0.3 is 10.6 Å². The quantitative estimate of drug-likeness (QED) is 0.373. The zero-order valence-corrected chi connectivity index (χ0v) is 18.6. The maximum atomic E-state index is 11.6. The van der Waals surface area contributed by atoms with Gasteiger partial charge in [0.15, 0.2) is 15.8 Å². The zero-order valence-electron chi connectivity index (χ0n) is 14.7. The second-order valence-electron chi connectivity index (χ2n) is 6.97. The van der Waals surface area contributed by atoms with Crippen molar-refractivity contribution in [3.05, 3.63) is 21.9 Å². The molecular formula is C17H28IN3O2S2. The van der Waals surface area contributed by atoms with Crippen molar-refractivity contribution in [2.45, 2.75) is 51.6 Å². The first-order valence-electron chi connectivity index (χ1n) is 8.80. The molecule has 2 heterocycles. The molecule has 1 saturated heterocycles. The third kappa shape index (κ3) is 6.39. The summed E-state index contributed by atoms with van der Waals surface area (Å²) in [5, 5.41) is 9.02. The number of thiophene rings is 1. The van der Waals surface area contributed by atoms with Gasteiger partial charge in [-0.05, 0) is 49.1 Å². The summed E-state index contributed by atoms with van der Waals surface area (Å²) in [5.41, 5.74) is 1.28. The predicted octanol–water partition coefficient (Wildman–Crippen LogP) is 3.09. The fraction of sp³-hybridized carbons (Fsp3) is 0.706. The monoisotopic (exact) mass is 497 g/mol. The number of aliphatic imine (C=N–C) groups is 1. The van der Waals surface area contributed by atoms with Crippen LogP contribution in [0.25, 0.3) is 0 Å². The highest BCUT2D eigenvalue weighted by Crippen LogP contribution is 2.20. The van der Waals surface area contributed by atoms with Crippen molar-refractivity contribution in [1.29, 1.82) is 0 Å². The van der Waals surface area contributed by atoms with E-state index in [-0.39, 0.29) is 29.9 Å². The summed E-state index contributed by atoms with van der Waals surface area (Å²) in [6, 6.07) is 2.61. The summed E-state index contributed by atoms with van der Waals surface area (Å²) in [4.78, 5) is 6.03. The first-order valence-corrected chi connectivity index (χ1v) is 11.5. The van der Waals surface area contributed by atoms with Crippen molar-refractivity contribution in [3.8, 4) is 0 Å². The van der Waals surface area contributed by atoms with E-state index in [1.54, 1.807) is 11.3 Å². The van der Waals surface area contributed by atoms with Gasteiger partial charge in [-0.3, -0.25) is 0 Å². The highest BCUT2D eigenvalue weighted by Gasteiger charge is 2.28. The molecule has 1 aliphatic heterocycles. The molecule has 1 aliphatic carbocycles. The van der Waals surface area contributed by atoms with Crippen molar-refractivity contribution >= 4 is 51.1 Å². The number of nitrogens with one attached hydrogen (secondary N) is 2. The van der Waals surface area contributed by atoms with Crippen LogP contribution in [-0.2, 0) is 16.4 Å². The third-order valence-corrected chi connectivity index (χ3v) is 7.77. The van der Waals surface area contributed by atoms with Crippen LogP contribution in [0.4, 0.5) is 0 Å². The number of hydrogen-bond acceptors (Lipinski definition) is 4. The summed E-state index contributed by atoms with van der Waals surface area (Å²) >= 11 is 1.74. The molecule has 142 valence electrons. The normalized spacial score (nSPS) is 23.4. The van der Waals surface area contributed by atoms with Crippen LogP contribution in [0.3, 0.4) is 0 Å². The van der Waals surface area contributed by atoms with Crippen LogP contribution in [-0.4, -0.2) is 38.5 Å². The average molecular weight is 497 g/mol. The maximum Gasteiger partial charge on any atom is 0.191 e. The number of guanidine groups is 1. The van der Waals surface area contributed by atoms with E-state index >= 15 is 0 Å². The molecule has 1 atom stereocenters. The molecule has 1 unspecified atom stereocenters. The van der Waals surface area contributed by atoms with E-state index in [1.807, 2.05) is 0 Å². The van der Waals surface area contributed by atoms with E-state index in [0.717, 1.165) is 12.4 Å². The van der Waals surface area contributed by atoms with Crippen LogP contribution >= 0.6 is 35.3 Å². The molecule has 2 N–H and O–H groups in total. The Morgan fingerprint density at radius 3 is 2.68 bits per heavy atom. The van der Waals surface area contributed by atoms with Gasteiger partial charge in [-0.1, -0.05) is 12.8 Å². The summed E-state index contributed by atoms with van der Waals surface area (Å²) in [6.07, 6.45) is 5.69. The molecule has 1 saturated carbocycles. The van der Waals surface area contributed by atoms with Gasteiger partial charge in [-0.15, -0.1) is 35.3 Å². The van der Waals surface area contributed by atoms with E-state index in [1.165, 1.54) is 36.1 Å². The summed E-state index contributed by atoms with van der Waals surface area (Å²) in [5.74, 6) is 1.67. The average Bonchev–Trinajstić information content (AvgIpc) is 3.25. The van der Waals surface area contributed by atoms with Gasteiger partial charge in [0.1, 0.15) is 0 Å². The Morgan fingerprint density at radius 2 is 2.08 bits per heavy atom. The summed E-state index contributed by atoms with van der Waals surface area (Å²) in [7, 11) is -2.82. The number of hydrogen-bond donors (Lipinski definition) is 2. The van der Waals surface area contributed by atoms with Gasteiger partial charge in [0.2, 0.25) is 0 Å². The molecule has 2 fully saturated rings. The molecular weight excluding hydrogens is 469 g/mol. The molecule has 0 radical (unpaired) electrons. The molecule has 0 amide bonds. The molecule has 0 aromatic carbocycles. The zero-order chi connectivity index (χ0) is 17.0. The lowest BCUT2D eigenvalue weighted by Gasteiger charge is -2.19. The van der Waals surface area contributed by atoms with E-state index in [9.17, 15) is 8.42 Å². The van der Waals surface area contributed by atoms with Crippen LogP contribution in [0, 0.1) is 12.8 Å². The van der Waals surface area contributed by atoms with Crippen LogP contribution in [0.15, 0.2) is 16.4 Å². The first kappa shape index (κ1) is 21.0. The highest BCUT2D eigenvalue weighted by atomic mass is 127. The number of rotatable bonds is 5. The molecule has 1 aromatic heterocycles. The Hall–Kier alpha value is -0.350. The number of aryl methyl sites for hydroxylation is 1. The number of halogens is 1. The molecule has 0 spiro atoms. The lowest BCUT2D eigenvalue weighted by molar-refractivity contribution is 0.553. The van der Waals surface area contributed by atoms with Gasteiger partial charge >= 0.3 is 0 Å². The summed E-state index contributed by atoms with van der Waals surface area (Å²) < 4.78 is 23.2. The van der Waals surface area contributed by atoms with E-state index in [0.29, 0.717) is 30.6 Å². The van der Waals surface area contributed by atoms with Crippen molar-refractivity contribution in [3.63, 3.8) is 0 Å². The standard InChI is InChI=1S/C17H27N3O2S2.HI/c1-13-6-8-23-16(13)11-19-17(20-15-4-2-3-5-15)18-10-14-7-9-24(21,22)12-14;/h6,8,14-15H,2-5,7,9-12H2,1H3,(H2,18,19,20);1H. The minimum Gasteiger partial charge on any atom is -0.356 e. The van der Waals surface area contributed by atoms with Crippen molar-refractivity contribution in [2.75, 3.05) is 18.1 Å². The number of sulfone groups is 1. The lowest BCUT2D eigenvalue weighted by Crippen LogP contribution is -2.44. The first-order chi connectivity index (χ1) is 11.5. The van der Waals surface area contributed by atoms with Gasteiger partial charge in [0.05, 0.1) is 18.1 Å². The SMILES string of the molecule is Cc1ccsc1CN=C(NCC1CCS(=O)(=O)C1)NC1CCCC1.I. The number of nitrogens with zero attached hydrogens (tertiary/aromatic N) is 1. The van der Waals surface area contributed by atoms with Gasteiger partial charge in [0.25, 0.3) is 0 Å². The molecule has 8 heteroatoms. The van der Waals surface area contributed by atoms with Gasteiger partial charge in [-0.25, -0.2) is 13.4 Å². The highest BCUT2D eigenvalue weighted by molar-refractivity contribution is 14.0. The molecule has 2 aliphatic rings. The van der Waals surface area contributed by atoms with E-state index in [2.05, 4.69) is 29.0 Å². The minimum atomic E-state index is -2.82.